The third-order valence-electron chi connectivity index (χ3n) is 6.23. The Kier molecular flexibility index (Phi) is 4.89. The average Bonchev–Trinajstić information content (AvgIpc) is 3.49. The number of anilines is 1. The Labute approximate surface area is 198 Å². The highest BCUT2D eigenvalue weighted by Gasteiger charge is 2.42. The number of nitrogens with zero attached hydrogens (tertiary/aromatic N) is 3. The number of rotatable bonds is 4. The first-order chi connectivity index (χ1) is 16.3. The summed E-state index contributed by atoms with van der Waals surface area (Å²) in [7, 11) is 0. The van der Waals surface area contributed by atoms with E-state index in [1.807, 2.05) is 36.5 Å². The lowest BCUT2D eigenvalue weighted by molar-refractivity contribution is 0.549. The summed E-state index contributed by atoms with van der Waals surface area (Å²) in [5.41, 5.74) is 4.30. The Hall–Kier alpha value is -3.96. The molecule has 1 fully saturated rings. The minimum atomic E-state index is -0.0759. The van der Waals surface area contributed by atoms with Crippen LogP contribution in [-0.2, 0) is 0 Å². The van der Waals surface area contributed by atoms with Crippen molar-refractivity contribution in [2.24, 2.45) is 0 Å². The monoisotopic (exact) mass is 446 g/mol. The second kappa shape index (κ2) is 8.19. The maximum Gasteiger partial charge on any atom is 0.174 e. The van der Waals surface area contributed by atoms with E-state index in [1.54, 1.807) is 0 Å². The average molecular weight is 447 g/mol. The number of hydrogen-bond donors (Lipinski definition) is 1. The van der Waals surface area contributed by atoms with Gasteiger partial charge in [0.25, 0.3) is 0 Å². The fraction of sp³-hybridized carbons (Fsp3) is 0.0714. The number of fused-ring (bicyclic) bond motifs is 1. The summed E-state index contributed by atoms with van der Waals surface area (Å²) in [4.78, 5) is 6.88. The molecule has 2 atom stereocenters. The summed E-state index contributed by atoms with van der Waals surface area (Å²) in [5.74, 6) is 0. The fourth-order valence-corrected chi connectivity index (χ4v) is 5.06. The highest BCUT2D eigenvalue weighted by Crippen LogP contribution is 2.42. The van der Waals surface area contributed by atoms with Crippen LogP contribution in [0, 0.1) is 0 Å². The lowest BCUT2D eigenvalue weighted by Gasteiger charge is -2.29. The Morgan fingerprint density at radius 1 is 0.727 bits per heavy atom. The second-order valence-corrected chi connectivity index (χ2v) is 8.55. The fourth-order valence-electron chi connectivity index (χ4n) is 4.72. The molecule has 1 aliphatic rings. The molecule has 0 saturated carbocycles. The van der Waals surface area contributed by atoms with Crippen LogP contribution < -0.4 is 10.2 Å². The van der Waals surface area contributed by atoms with Crippen LogP contribution in [0.1, 0.15) is 23.5 Å². The summed E-state index contributed by atoms with van der Waals surface area (Å²) < 4.78 is 2.26. The van der Waals surface area contributed by atoms with Crippen LogP contribution in [0.5, 0.6) is 0 Å². The van der Waals surface area contributed by atoms with Gasteiger partial charge in [-0.3, -0.25) is 4.98 Å². The van der Waals surface area contributed by atoms with Crippen molar-refractivity contribution in [2.45, 2.75) is 12.1 Å². The van der Waals surface area contributed by atoms with Gasteiger partial charge in [0.1, 0.15) is 6.04 Å². The SMILES string of the molecule is S=C1N[C@@H](c2ccccn2)[C@@H](c2cccn2-c2ccc3ccccc3c2)N1c1ccccc1. The van der Waals surface area contributed by atoms with Crippen molar-refractivity contribution in [1.82, 2.24) is 14.9 Å². The van der Waals surface area contributed by atoms with E-state index in [0.29, 0.717) is 5.11 Å². The Balaban J connectivity index is 1.51. The van der Waals surface area contributed by atoms with Crippen LogP contribution in [0.4, 0.5) is 5.69 Å². The zero-order chi connectivity index (χ0) is 22.2. The molecule has 1 N–H and O–H groups in total. The van der Waals surface area contributed by atoms with Crippen LogP contribution in [0.3, 0.4) is 0 Å². The van der Waals surface area contributed by atoms with Gasteiger partial charge < -0.3 is 14.8 Å². The van der Waals surface area contributed by atoms with Gasteiger partial charge in [0.05, 0.1) is 11.7 Å². The van der Waals surface area contributed by atoms with Crippen LogP contribution in [0.15, 0.2) is 116 Å². The van der Waals surface area contributed by atoms with Crippen molar-refractivity contribution >= 4 is 33.8 Å². The van der Waals surface area contributed by atoms with Gasteiger partial charge in [-0.1, -0.05) is 54.6 Å². The number of hydrogen-bond acceptors (Lipinski definition) is 2. The first-order valence-corrected chi connectivity index (χ1v) is 11.4. The minimum Gasteiger partial charge on any atom is -0.351 e. The maximum absolute atomic E-state index is 5.85. The molecule has 160 valence electrons. The van der Waals surface area contributed by atoms with E-state index < -0.39 is 0 Å². The van der Waals surface area contributed by atoms with Crippen molar-refractivity contribution in [1.29, 1.82) is 0 Å². The molecule has 0 aliphatic carbocycles. The number of aromatic nitrogens is 2. The van der Waals surface area contributed by atoms with E-state index in [-0.39, 0.29) is 12.1 Å². The van der Waals surface area contributed by atoms with Crippen LogP contribution >= 0.6 is 12.2 Å². The quantitative estimate of drug-likeness (QED) is 0.333. The van der Waals surface area contributed by atoms with Crippen molar-refractivity contribution in [3.05, 3.63) is 127 Å². The molecule has 3 heterocycles. The topological polar surface area (TPSA) is 33.1 Å². The van der Waals surface area contributed by atoms with Gasteiger partial charge in [-0.05, 0) is 71.5 Å². The molecule has 5 heteroatoms. The normalized spacial score (nSPS) is 17.9. The summed E-state index contributed by atoms with van der Waals surface area (Å²) in [5, 5.41) is 6.70. The van der Waals surface area contributed by atoms with Crippen molar-refractivity contribution in [3.63, 3.8) is 0 Å². The molecule has 3 aromatic carbocycles. The third kappa shape index (κ3) is 3.47. The van der Waals surface area contributed by atoms with E-state index in [0.717, 1.165) is 22.8 Å². The van der Waals surface area contributed by atoms with Crippen molar-refractivity contribution in [2.75, 3.05) is 4.90 Å². The van der Waals surface area contributed by atoms with Gasteiger partial charge in [-0.25, -0.2) is 0 Å². The lowest BCUT2D eigenvalue weighted by Crippen LogP contribution is -2.30. The minimum absolute atomic E-state index is 0.0590. The Morgan fingerprint density at radius 2 is 1.52 bits per heavy atom. The molecule has 0 radical (unpaired) electrons. The molecule has 0 amide bonds. The molecule has 5 aromatic rings. The molecule has 33 heavy (non-hydrogen) atoms. The second-order valence-electron chi connectivity index (χ2n) is 8.17. The zero-order valence-electron chi connectivity index (χ0n) is 17.9. The Morgan fingerprint density at radius 3 is 2.33 bits per heavy atom. The van der Waals surface area contributed by atoms with Gasteiger partial charge in [-0.15, -0.1) is 0 Å². The first-order valence-electron chi connectivity index (χ1n) is 11.0. The number of benzene rings is 3. The largest absolute Gasteiger partial charge is 0.351 e. The first kappa shape index (κ1) is 19.7. The number of nitrogens with one attached hydrogen (secondary N) is 1. The lowest BCUT2D eigenvalue weighted by atomic mass is 10.0. The van der Waals surface area contributed by atoms with Gasteiger partial charge >= 0.3 is 0 Å². The van der Waals surface area contributed by atoms with Gasteiger partial charge in [0.15, 0.2) is 5.11 Å². The van der Waals surface area contributed by atoms with Crippen LogP contribution in [0.25, 0.3) is 16.5 Å². The van der Waals surface area contributed by atoms with Crippen molar-refractivity contribution < 1.29 is 0 Å². The molecule has 0 spiro atoms. The van der Waals surface area contributed by atoms with Crippen LogP contribution in [-0.4, -0.2) is 14.7 Å². The van der Waals surface area contributed by atoms with E-state index in [1.165, 1.54) is 10.8 Å². The molecule has 6 rings (SSSR count). The maximum atomic E-state index is 5.85. The predicted octanol–water partition coefficient (Wildman–Crippen LogP) is 6.20. The standard InChI is InChI=1S/C28H22N4S/c33-28-30-26(24-13-6-7-17-29-24)27(32(28)22-11-2-1-3-12-22)25-14-8-18-31(25)23-16-15-20-9-4-5-10-21(20)19-23/h1-19,26-27H,(H,30,33)/t26-,27+/m0/s1. The van der Waals surface area contributed by atoms with Crippen molar-refractivity contribution in [3.8, 4) is 5.69 Å². The number of pyridine rings is 1. The van der Waals surface area contributed by atoms with E-state index in [4.69, 9.17) is 12.2 Å². The third-order valence-corrected chi connectivity index (χ3v) is 6.54. The van der Waals surface area contributed by atoms with Gasteiger partial charge in [0, 0.05) is 29.5 Å². The molecule has 1 aliphatic heterocycles. The molecule has 0 unspecified atom stereocenters. The molecule has 0 bridgehead atoms. The zero-order valence-corrected chi connectivity index (χ0v) is 18.7. The van der Waals surface area contributed by atoms with E-state index in [9.17, 15) is 0 Å². The van der Waals surface area contributed by atoms with Crippen LogP contribution in [0.2, 0.25) is 0 Å². The highest BCUT2D eigenvalue weighted by molar-refractivity contribution is 7.80. The van der Waals surface area contributed by atoms with Gasteiger partial charge in [-0.2, -0.15) is 0 Å². The summed E-state index contributed by atoms with van der Waals surface area (Å²) >= 11 is 5.85. The molecular formula is C28H22N4S. The van der Waals surface area contributed by atoms with E-state index >= 15 is 0 Å². The predicted molar refractivity (Wildman–Crippen MR) is 138 cm³/mol. The smallest absolute Gasteiger partial charge is 0.174 e. The summed E-state index contributed by atoms with van der Waals surface area (Å²) in [6.45, 7) is 0. The molecular weight excluding hydrogens is 424 g/mol. The molecule has 2 aromatic heterocycles. The molecule has 4 nitrogen and oxygen atoms in total. The summed E-state index contributed by atoms with van der Waals surface area (Å²) in [6, 6.07) is 35.5. The Bertz CT molecular complexity index is 1430. The number of thiocarbonyl (C=S) groups is 1. The highest BCUT2D eigenvalue weighted by atomic mass is 32.1. The van der Waals surface area contributed by atoms with E-state index in [2.05, 4.69) is 98.8 Å². The number of para-hydroxylation sites is 1. The molecule has 1 saturated heterocycles. The van der Waals surface area contributed by atoms with Gasteiger partial charge in [0.2, 0.25) is 0 Å². The summed E-state index contributed by atoms with van der Waals surface area (Å²) in [6.07, 6.45) is 3.96.